The van der Waals surface area contributed by atoms with E-state index in [-0.39, 0.29) is 5.91 Å². The zero-order valence-electron chi connectivity index (χ0n) is 11.3. The number of nitrogens with zero attached hydrogens (tertiary/aromatic N) is 1. The van der Waals surface area contributed by atoms with Crippen LogP contribution in [0.25, 0.3) is 0 Å². The van der Waals surface area contributed by atoms with Crippen LogP contribution in [-0.4, -0.2) is 17.4 Å². The van der Waals surface area contributed by atoms with Gasteiger partial charge in [-0.2, -0.15) is 0 Å². The Morgan fingerprint density at radius 2 is 2.30 bits per heavy atom. The molecule has 0 bridgehead atoms. The molecule has 104 valence electrons. The van der Waals surface area contributed by atoms with Gasteiger partial charge < -0.3 is 11.1 Å². The minimum Gasteiger partial charge on any atom is -0.346 e. The number of carbonyl (C=O) groups excluding carboxylic acids is 1. The van der Waals surface area contributed by atoms with Gasteiger partial charge in [0.05, 0.1) is 23.8 Å². The third-order valence-electron chi connectivity index (χ3n) is 2.52. The molecule has 0 aliphatic carbocycles. The van der Waals surface area contributed by atoms with Crippen LogP contribution in [0.2, 0.25) is 0 Å². The molecule has 0 saturated carbocycles. The molecule has 2 rings (SSSR count). The minimum atomic E-state index is -0.0731. The average Bonchev–Trinajstić information content (AvgIpc) is 3.00. The number of amides is 1. The number of rotatable bonds is 3. The van der Waals surface area contributed by atoms with Crippen molar-refractivity contribution in [2.45, 2.75) is 20.4 Å². The smallest absolute Gasteiger partial charge is 0.263 e. The topological polar surface area (TPSA) is 68.0 Å². The van der Waals surface area contributed by atoms with E-state index in [1.807, 2.05) is 25.3 Å². The fourth-order valence-electron chi connectivity index (χ4n) is 1.68. The Labute approximate surface area is 126 Å². The highest BCUT2D eigenvalue weighted by Crippen LogP contribution is 2.18. The van der Waals surface area contributed by atoms with Crippen molar-refractivity contribution in [3.8, 4) is 11.8 Å². The third-order valence-corrected chi connectivity index (χ3v) is 4.53. The summed E-state index contributed by atoms with van der Waals surface area (Å²) in [5, 5.41) is 5.78. The van der Waals surface area contributed by atoms with Crippen molar-refractivity contribution in [1.82, 2.24) is 10.3 Å². The number of nitrogens with two attached hydrogens (primary N) is 1. The number of thiazole rings is 1. The molecule has 0 atom stereocenters. The molecule has 0 spiro atoms. The molecular weight excluding hydrogens is 290 g/mol. The molecule has 0 unspecified atom stereocenters. The summed E-state index contributed by atoms with van der Waals surface area (Å²) in [7, 11) is 0. The molecule has 2 aromatic heterocycles. The highest BCUT2D eigenvalue weighted by Gasteiger charge is 2.13. The van der Waals surface area contributed by atoms with E-state index < -0.39 is 0 Å². The number of aromatic nitrogens is 1. The van der Waals surface area contributed by atoms with Gasteiger partial charge >= 0.3 is 0 Å². The number of aryl methyl sites for hydroxylation is 2. The quantitative estimate of drug-likeness (QED) is 0.853. The zero-order chi connectivity index (χ0) is 14.5. The molecule has 20 heavy (non-hydrogen) atoms. The minimum absolute atomic E-state index is 0.0731. The van der Waals surface area contributed by atoms with Gasteiger partial charge in [-0.15, -0.1) is 22.7 Å². The zero-order valence-corrected chi connectivity index (χ0v) is 13.0. The first kappa shape index (κ1) is 14.7. The van der Waals surface area contributed by atoms with Crippen LogP contribution in [0, 0.1) is 25.7 Å². The molecule has 3 N–H and O–H groups in total. The van der Waals surface area contributed by atoms with Crippen LogP contribution in [0.15, 0.2) is 11.4 Å². The van der Waals surface area contributed by atoms with Crippen LogP contribution in [0.3, 0.4) is 0 Å². The summed E-state index contributed by atoms with van der Waals surface area (Å²) in [6, 6.07) is 1.97. The molecule has 1 amide bonds. The second-order valence-corrected chi connectivity index (χ2v) is 6.34. The van der Waals surface area contributed by atoms with Crippen LogP contribution in [0.5, 0.6) is 0 Å². The molecule has 0 aromatic carbocycles. The third kappa shape index (κ3) is 3.67. The predicted octanol–water partition coefficient (Wildman–Crippen LogP) is 2.06. The first-order chi connectivity index (χ1) is 9.60. The van der Waals surface area contributed by atoms with E-state index in [4.69, 9.17) is 5.73 Å². The molecule has 4 nitrogen and oxygen atoms in total. The van der Waals surface area contributed by atoms with Gasteiger partial charge in [-0.3, -0.25) is 4.79 Å². The Balaban J connectivity index is 1.96. The fourth-order valence-corrected chi connectivity index (χ4v) is 3.27. The number of hydrogen-bond acceptors (Lipinski definition) is 5. The maximum atomic E-state index is 12.1. The molecule has 2 heterocycles. The SMILES string of the molecule is Cc1nc(C)c(C(=O)NCc2cc(C#CCN)cs2)s1. The van der Waals surface area contributed by atoms with E-state index in [0.717, 1.165) is 21.1 Å². The molecule has 0 saturated heterocycles. The average molecular weight is 305 g/mol. The second-order valence-electron chi connectivity index (χ2n) is 4.14. The Morgan fingerprint density at radius 3 is 2.95 bits per heavy atom. The van der Waals surface area contributed by atoms with Crippen molar-refractivity contribution in [2.75, 3.05) is 6.54 Å². The van der Waals surface area contributed by atoms with Crippen molar-refractivity contribution in [3.05, 3.63) is 37.5 Å². The largest absolute Gasteiger partial charge is 0.346 e. The van der Waals surface area contributed by atoms with Gasteiger partial charge in [0, 0.05) is 15.8 Å². The summed E-state index contributed by atoms with van der Waals surface area (Å²) in [6.45, 7) is 4.61. The number of thiophene rings is 1. The maximum Gasteiger partial charge on any atom is 0.263 e. The van der Waals surface area contributed by atoms with Gasteiger partial charge in [0.2, 0.25) is 0 Å². The summed E-state index contributed by atoms with van der Waals surface area (Å²) in [5.74, 6) is 5.71. The van der Waals surface area contributed by atoms with Crippen LogP contribution >= 0.6 is 22.7 Å². The van der Waals surface area contributed by atoms with Gasteiger partial charge in [0.1, 0.15) is 4.88 Å². The predicted molar refractivity (Wildman–Crippen MR) is 83.0 cm³/mol. The molecule has 6 heteroatoms. The van der Waals surface area contributed by atoms with Crippen LogP contribution in [0.4, 0.5) is 0 Å². The monoisotopic (exact) mass is 305 g/mol. The summed E-state index contributed by atoms with van der Waals surface area (Å²) < 4.78 is 0. The molecular formula is C14H15N3OS2. The maximum absolute atomic E-state index is 12.1. The highest BCUT2D eigenvalue weighted by atomic mass is 32.1. The van der Waals surface area contributed by atoms with E-state index in [0.29, 0.717) is 18.0 Å². The summed E-state index contributed by atoms with van der Waals surface area (Å²) in [5.41, 5.74) is 7.05. The van der Waals surface area contributed by atoms with Crippen molar-refractivity contribution >= 4 is 28.6 Å². The number of hydrogen-bond donors (Lipinski definition) is 2. The lowest BCUT2D eigenvalue weighted by Crippen LogP contribution is -2.22. The van der Waals surface area contributed by atoms with E-state index in [1.54, 1.807) is 11.3 Å². The van der Waals surface area contributed by atoms with Gasteiger partial charge in [-0.1, -0.05) is 11.8 Å². The Morgan fingerprint density at radius 1 is 1.50 bits per heavy atom. The molecule has 2 aromatic rings. The molecule has 0 radical (unpaired) electrons. The normalized spacial score (nSPS) is 9.95. The van der Waals surface area contributed by atoms with Crippen molar-refractivity contribution in [3.63, 3.8) is 0 Å². The number of nitrogens with one attached hydrogen (secondary N) is 1. The lowest BCUT2D eigenvalue weighted by molar-refractivity contribution is 0.0954. The van der Waals surface area contributed by atoms with Gasteiger partial charge in [0.15, 0.2) is 0 Å². The van der Waals surface area contributed by atoms with Crippen LogP contribution in [-0.2, 0) is 6.54 Å². The fraction of sp³-hybridized carbons (Fsp3) is 0.286. The van der Waals surface area contributed by atoms with Gasteiger partial charge in [0.25, 0.3) is 5.91 Å². The van der Waals surface area contributed by atoms with E-state index in [1.165, 1.54) is 11.3 Å². The highest BCUT2D eigenvalue weighted by molar-refractivity contribution is 7.13. The summed E-state index contributed by atoms with van der Waals surface area (Å²) in [6.07, 6.45) is 0. The summed E-state index contributed by atoms with van der Waals surface area (Å²) in [4.78, 5) is 18.1. The van der Waals surface area contributed by atoms with E-state index >= 15 is 0 Å². The van der Waals surface area contributed by atoms with Crippen LogP contribution < -0.4 is 11.1 Å². The lowest BCUT2D eigenvalue weighted by atomic mass is 10.3. The second kappa shape index (κ2) is 6.66. The Kier molecular flexibility index (Phi) is 4.90. The summed E-state index contributed by atoms with van der Waals surface area (Å²) >= 11 is 2.99. The molecule has 0 fully saturated rings. The van der Waals surface area contributed by atoms with Crippen molar-refractivity contribution in [1.29, 1.82) is 0 Å². The lowest BCUT2D eigenvalue weighted by Gasteiger charge is -2.01. The van der Waals surface area contributed by atoms with Crippen molar-refractivity contribution < 1.29 is 4.79 Å². The molecule has 0 aliphatic rings. The Hall–Kier alpha value is -1.68. The van der Waals surface area contributed by atoms with Gasteiger partial charge in [-0.25, -0.2) is 4.98 Å². The standard InChI is InChI=1S/C14H15N3OS2/c1-9-13(20-10(2)17-9)14(18)16-7-12-6-11(8-19-12)4-3-5-15/h6,8H,5,7,15H2,1-2H3,(H,16,18). The van der Waals surface area contributed by atoms with Gasteiger partial charge in [-0.05, 0) is 19.9 Å². The van der Waals surface area contributed by atoms with Crippen LogP contribution in [0.1, 0.15) is 30.8 Å². The first-order valence-electron chi connectivity index (χ1n) is 6.08. The van der Waals surface area contributed by atoms with E-state index in [9.17, 15) is 4.79 Å². The van der Waals surface area contributed by atoms with Crippen molar-refractivity contribution in [2.24, 2.45) is 5.73 Å². The Bertz CT molecular complexity index is 676. The number of carbonyl (C=O) groups is 1. The molecule has 0 aliphatic heterocycles. The first-order valence-corrected chi connectivity index (χ1v) is 7.78. The van der Waals surface area contributed by atoms with E-state index in [2.05, 4.69) is 22.1 Å².